The number of aromatic nitrogens is 2. The van der Waals surface area contributed by atoms with Gasteiger partial charge in [0.05, 0.1) is 11.4 Å². The first-order valence-corrected chi connectivity index (χ1v) is 22.0. The lowest BCUT2D eigenvalue weighted by Crippen LogP contribution is -2.50. The van der Waals surface area contributed by atoms with E-state index in [9.17, 15) is 0 Å². The zero-order valence-corrected chi connectivity index (χ0v) is 31.9. The highest BCUT2D eigenvalue weighted by Crippen LogP contribution is 2.39. The quantitative estimate of drug-likeness (QED) is 0.160. The maximum Gasteiger partial charge on any atom is 0.160 e. The molecule has 1 aliphatic heterocycles. The van der Waals surface area contributed by atoms with Crippen LogP contribution in [-0.2, 0) is 0 Å². The fraction of sp³-hybridized carbons (Fsp3) is 0.0385. The lowest BCUT2D eigenvalue weighted by molar-refractivity contribution is 1.20. The van der Waals surface area contributed by atoms with Crippen LogP contribution in [0.3, 0.4) is 0 Å². The van der Waals surface area contributed by atoms with E-state index < -0.39 is 8.07 Å². The van der Waals surface area contributed by atoms with Crippen LogP contribution in [0.15, 0.2) is 194 Å². The van der Waals surface area contributed by atoms with Crippen molar-refractivity contribution in [2.75, 3.05) is 0 Å². The summed E-state index contributed by atoms with van der Waals surface area (Å²) in [5, 5.41) is 5.23. The second kappa shape index (κ2) is 13.3. The Morgan fingerprint density at radius 2 is 0.764 bits per heavy atom. The Balaban J connectivity index is 1.16. The molecule has 10 rings (SSSR count). The molecule has 0 aliphatic carbocycles. The molecule has 8 aromatic carbocycles. The number of hydrogen-bond acceptors (Lipinski definition) is 2. The largest absolute Gasteiger partial charge is 0.228 e. The second-order valence-corrected chi connectivity index (χ2v) is 19.3. The van der Waals surface area contributed by atoms with E-state index in [1.54, 1.807) is 0 Å². The van der Waals surface area contributed by atoms with Crippen molar-refractivity contribution in [3.05, 3.63) is 194 Å². The molecular formula is C52H38N2Si. The molecule has 0 radical (unpaired) electrons. The molecule has 0 N–H and O–H groups in total. The molecule has 1 aromatic heterocycles. The number of rotatable bonds is 6. The normalized spacial score (nSPS) is 12.7. The van der Waals surface area contributed by atoms with Crippen molar-refractivity contribution < 1.29 is 0 Å². The highest BCUT2D eigenvalue weighted by atomic mass is 28.3. The van der Waals surface area contributed by atoms with Gasteiger partial charge in [0.15, 0.2) is 5.82 Å². The minimum absolute atomic E-state index is 0.747. The monoisotopic (exact) mass is 718 g/mol. The summed E-state index contributed by atoms with van der Waals surface area (Å²) in [5.41, 5.74) is 15.0. The van der Waals surface area contributed by atoms with Crippen LogP contribution in [0.1, 0.15) is 0 Å². The number of benzene rings is 8. The first-order valence-electron chi connectivity index (χ1n) is 19.0. The SMILES string of the molecule is C[Si]1(C)c2ccc3ccccc3c2-c2nc(-c3cccc(-c4cccc(-c5ccccc5)c4)c3)nc(-c3cccc(-c4cccc(-c5ccccc5)c4)c3)c21. The van der Waals surface area contributed by atoms with Gasteiger partial charge in [-0.3, -0.25) is 0 Å². The van der Waals surface area contributed by atoms with Crippen molar-refractivity contribution >= 4 is 29.2 Å². The molecule has 3 heteroatoms. The van der Waals surface area contributed by atoms with Crippen LogP contribution in [0.25, 0.3) is 89.2 Å². The van der Waals surface area contributed by atoms with Crippen molar-refractivity contribution in [3.63, 3.8) is 0 Å². The summed E-state index contributed by atoms with van der Waals surface area (Å²) in [6.45, 7) is 4.93. The molecule has 0 unspecified atom stereocenters. The molecular weight excluding hydrogens is 681 g/mol. The molecule has 1 aliphatic rings. The van der Waals surface area contributed by atoms with Gasteiger partial charge in [0.2, 0.25) is 0 Å². The molecule has 260 valence electrons. The average molecular weight is 719 g/mol. The average Bonchev–Trinajstić information content (AvgIpc) is 3.50. The van der Waals surface area contributed by atoms with Gasteiger partial charge in [-0.05, 0) is 89.9 Å². The van der Waals surface area contributed by atoms with Gasteiger partial charge in [0.1, 0.15) is 8.07 Å². The minimum atomic E-state index is -2.23. The Hall–Kier alpha value is -6.68. The predicted octanol–water partition coefficient (Wildman–Crippen LogP) is 12.4. The Kier molecular flexibility index (Phi) is 7.97. The molecule has 0 amide bonds. The summed E-state index contributed by atoms with van der Waals surface area (Å²) < 4.78 is 0. The Bertz CT molecular complexity index is 2890. The van der Waals surface area contributed by atoms with Crippen LogP contribution in [0.5, 0.6) is 0 Å². The molecule has 9 aromatic rings. The lowest BCUT2D eigenvalue weighted by atomic mass is 9.96. The van der Waals surface area contributed by atoms with Crippen LogP contribution in [-0.4, -0.2) is 18.0 Å². The first-order chi connectivity index (χ1) is 27.0. The summed E-state index contributed by atoms with van der Waals surface area (Å²) in [4.78, 5) is 11.1. The van der Waals surface area contributed by atoms with E-state index in [0.29, 0.717) is 0 Å². The van der Waals surface area contributed by atoms with Crippen LogP contribution in [0.2, 0.25) is 13.1 Å². The topological polar surface area (TPSA) is 25.8 Å². The van der Waals surface area contributed by atoms with Crippen LogP contribution in [0.4, 0.5) is 0 Å². The molecule has 2 nitrogen and oxygen atoms in total. The van der Waals surface area contributed by atoms with Crippen LogP contribution >= 0.6 is 0 Å². The number of hydrogen-bond donors (Lipinski definition) is 0. The Morgan fingerprint density at radius 1 is 0.345 bits per heavy atom. The maximum absolute atomic E-state index is 5.57. The summed E-state index contributed by atoms with van der Waals surface area (Å²) in [6, 6.07) is 69.9. The minimum Gasteiger partial charge on any atom is -0.228 e. The van der Waals surface area contributed by atoms with Crippen molar-refractivity contribution in [2.45, 2.75) is 13.1 Å². The van der Waals surface area contributed by atoms with E-state index in [1.165, 1.54) is 65.7 Å². The smallest absolute Gasteiger partial charge is 0.160 e. The highest BCUT2D eigenvalue weighted by molar-refractivity contribution is 7.04. The number of nitrogens with zero attached hydrogens (tertiary/aromatic N) is 2. The van der Waals surface area contributed by atoms with E-state index in [2.05, 4.69) is 207 Å². The van der Waals surface area contributed by atoms with Crippen molar-refractivity contribution in [3.8, 4) is 78.4 Å². The third-order valence-electron chi connectivity index (χ3n) is 11.2. The molecule has 0 bridgehead atoms. The third-order valence-corrected chi connectivity index (χ3v) is 14.7. The predicted molar refractivity (Wildman–Crippen MR) is 234 cm³/mol. The first kappa shape index (κ1) is 32.9. The fourth-order valence-corrected chi connectivity index (χ4v) is 11.7. The van der Waals surface area contributed by atoms with Gasteiger partial charge in [-0.1, -0.05) is 183 Å². The second-order valence-electron chi connectivity index (χ2n) is 15.0. The Morgan fingerprint density at radius 3 is 1.35 bits per heavy atom. The molecule has 55 heavy (non-hydrogen) atoms. The molecule has 0 fully saturated rings. The lowest BCUT2D eigenvalue weighted by Gasteiger charge is -2.22. The highest BCUT2D eigenvalue weighted by Gasteiger charge is 2.42. The van der Waals surface area contributed by atoms with Gasteiger partial charge in [-0.2, -0.15) is 0 Å². The van der Waals surface area contributed by atoms with Gasteiger partial charge in [-0.15, -0.1) is 0 Å². The van der Waals surface area contributed by atoms with Gasteiger partial charge in [-0.25, -0.2) is 9.97 Å². The Labute approximate surface area is 323 Å². The van der Waals surface area contributed by atoms with Crippen LogP contribution in [0, 0.1) is 0 Å². The van der Waals surface area contributed by atoms with E-state index >= 15 is 0 Å². The number of fused-ring (bicyclic) bond motifs is 5. The summed E-state index contributed by atoms with van der Waals surface area (Å²) in [6.07, 6.45) is 0. The van der Waals surface area contributed by atoms with Crippen molar-refractivity contribution in [1.29, 1.82) is 0 Å². The third kappa shape index (κ3) is 5.81. The molecule has 0 saturated carbocycles. The van der Waals surface area contributed by atoms with E-state index in [0.717, 1.165) is 33.9 Å². The van der Waals surface area contributed by atoms with Crippen LogP contribution < -0.4 is 10.4 Å². The summed E-state index contributed by atoms with van der Waals surface area (Å²) in [5.74, 6) is 0.747. The van der Waals surface area contributed by atoms with Gasteiger partial charge in [0.25, 0.3) is 0 Å². The fourth-order valence-electron chi connectivity index (χ4n) is 8.46. The van der Waals surface area contributed by atoms with Gasteiger partial charge < -0.3 is 0 Å². The van der Waals surface area contributed by atoms with Crippen molar-refractivity contribution in [2.24, 2.45) is 0 Å². The summed E-state index contributed by atoms with van der Waals surface area (Å²) in [7, 11) is -2.23. The standard InChI is InChI=1S/C52H38N2Si/c1-55(2)47-30-29-37-19-9-10-28-46(37)48(47)50-51(55)49(44-26-13-24-42(33-44)40-22-11-20-38(31-40)35-15-5-3-6-16-35)53-52(54-50)45-27-14-25-43(34-45)41-23-12-21-39(32-41)36-17-7-4-8-18-36/h3-34H,1-2H3. The maximum atomic E-state index is 5.57. The van der Waals surface area contributed by atoms with E-state index in [1.807, 2.05) is 0 Å². The van der Waals surface area contributed by atoms with E-state index in [-0.39, 0.29) is 0 Å². The zero-order chi connectivity index (χ0) is 36.9. The molecule has 2 heterocycles. The van der Waals surface area contributed by atoms with Gasteiger partial charge >= 0.3 is 0 Å². The summed E-state index contributed by atoms with van der Waals surface area (Å²) >= 11 is 0. The zero-order valence-electron chi connectivity index (χ0n) is 30.9. The van der Waals surface area contributed by atoms with Gasteiger partial charge in [0, 0.05) is 16.7 Å². The molecule has 0 spiro atoms. The molecule has 0 saturated heterocycles. The van der Waals surface area contributed by atoms with E-state index in [4.69, 9.17) is 9.97 Å². The van der Waals surface area contributed by atoms with Crippen molar-refractivity contribution in [1.82, 2.24) is 9.97 Å². The molecule has 0 atom stereocenters.